The second-order valence-corrected chi connectivity index (χ2v) is 5.59. The van der Waals surface area contributed by atoms with Gasteiger partial charge in [-0.15, -0.1) is 0 Å². The van der Waals surface area contributed by atoms with Gasteiger partial charge in [-0.3, -0.25) is 0 Å². The zero-order valence-electron chi connectivity index (χ0n) is 11.6. The monoisotopic (exact) mass is 319 g/mol. The summed E-state index contributed by atoms with van der Waals surface area (Å²) in [5.41, 5.74) is 1.13. The molecule has 1 unspecified atom stereocenters. The van der Waals surface area contributed by atoms with Crippen molar-refractivity contribution in [3.05, 3.63) is 70.1 Å². The Labute approximate surface area is 133 Å². The van der Waals surface area contributed by atoms with E-state index < -0.39 is 0 Å². The van der Waals surface area contributed by atoms with Gasteiger partial charge in [-0.2, -0.15) is 0 Å². The van der Waals surface area contributed by atoms with E-state index in [1.54, 1.807) is 6.07 Å². The molecule has 4 heteroatoms. The Bertz CT molecular complexity index is 766. The lowest BCUT2D eigenvalue weighted by Crippen LogP contribution is -2.21. The third-order valence-corrected chi connectivity index (χ3v) is 4.04. The largest absolute Gasteiger partial charge is 0.448 e. The lowest BCUT2D eigenvalue weighted by atomic mass is 9.97. The number of hydrogen-bond acceptors (Lipinski definition) is 2. The molecular formula is C17H15Cl2NO. The van der Waals surface area contributed by atoms with Crippen molar-refractivity contribution in [2.45, 2.75) is 13.0 Å². The summed E-state index contributed by atoms with van der Waals surface area (Å²) in [6.07, 6.45) is 0. The Morgan fingerprint density at radius 3 is 2.43 bits per heavy atom. The second kappa shape index (κ2) is 6.10. The Hall–Kier alpha value is -1.48. The molecule has 0 saturated carbocycles. The average Bonchev–Trinajstić information content (AvgIpc) is 2.92. The lowest BCUT2D eigenvalue weighted by Gasteiger charge is -2.18. The van der Waals surface area contributed by atoms with Crippen molar-refractivity contribution in [1.82, 2.24) is 5.32 Å². The van der Waals surface area contributed by atoms with E-state index >= 15 is 0 Å². The molecule has 1 atom stereocenters. The van der Waals surface area contributed by atoms with Crippen molar-refractivity contribution < 1.29 is 4.42 Å². The fraction of sp³-hybridized carbons (Fsp3) is 0.176. The van der Waals surface area contributed by atoms with Crippen LogP contribution in [-0.4, -0.2) is 6.54 Å². The number of furan rings is 1. The van der Waals surface area contributed by atoms with Crippen LogP contribution in [0.5, 0.6) is 0 Å². The van der Waals surface area contributed by atoms with E-state index in [9.17, 15) is 0 Å². The normalized spacial score (nSPS) is 12.7. The van der Waals surface area contributed by atoms with Crippen LogP contribution in [0.3, 0.4) is 0 Å². The summed E-state index contributed by atoms with van der Waals surface area (Å²) in [5, 5.41) is 6.74. The molecule has 0 radical (unpaired) electrons. The molecule has 2 aromatic carbocycles. The zero-order chi connectivity index (χ0) is 14.8. The third kappa shape index (κ3) is 2.80. The molecule has 0 saturated heterocycles. The molecule has 108 valence electrons. The average molecular weight is 320 g/mol. The quantitative estimate of drug-likeness (QED) is 0.692. The number of halogens is 2. The van der Waals surface area contributed by atoms with Crippen molar-refractivity contribution in [3.63, 3.8) is 0 Å². The van der Waals surface area contributed by atoms with Gasteiger partial charge < -0.3 is 9.73 Å². The topological polar surface area (TPSA) is 25.2 Å². The third-order valence-electron chi connectivity index (χ3n) is 3.50. The van der Waals surface area contributed by atoms with Gasteiger partial charge in [0.25, 0.3) is 0 Å². The van der Waals surface area contributed by atoms with E-state index in [2.05, 4.69) is 18.3 Å². The van der Waals surface area contributed by atoms with Gasteiger partial charge in [0.2, 0.25) is 0 Å². The highest BCUT2D eigenvalue weighted by atomic mass is 35.5. The van der Waals surface area contributed by atoms with Crippen molar-refractivity contribution in [3.8, 4) is 0 Å². The van der Waals surface area contributed by atoms with Crippen molar-refractivity contribution >= 4 is 34.0 Å². The molecule has 1 N–H and O–H groups in total. The molecule has 0 aliphatic carbocycles. The predicted octanol–water partition coefficient (Wildman–Crippen LogP) is 5.44. The van der Waals surface area contributed by atoms with Gasteiger partial charge in [-0.05, 0) is 47.3 Å². The highest BCUT2D eigenvalue weighted by Gasteiger charge is 2.19. The molecule has 3 aromatic rings. The first-order chi connectivity index (χ1) is 10.2. The number of fused-ring (bicyclic) bond motifs is 1. The molecule has 21 heavy (non-hydrogen) atoms. The van der Waals surface area contributed by atoms with Gasteiger partial charge in [0, 0.05) is 10.4 Å². The standard InChI is InChI=1S/C17H15Cl2NO/c1-2-20-17(15-9-10-16(19)21-15)13-7-8-14(18)12-6-4-3-5-11(12)13/h3-10,17,20H,2H2,1H3. The van der Waals surface area contributed by atoms with Gasteiger partial charge in [-0.1, -0.05) is 48.9 Å². The number of benzene rings is 2. The van der Waals surface area contributed by atoms with Crippen LogP contribution in [0.2, 0.25) is 10.2 Å². The maximum atomic E-state index is 6.30. The Balaban J connectivity index is 2.18. The molecule has 0 aliphatic heterocycles. The molecule has 1 heterocycles. The molecule has 1 aromatic heterocycles. The van der Waals surface area contributed by atoms with Crippen LogP contribution in [0.25, 0.3) is 10.8 Å². The van der Waals surface area contributed by atoms with Crippen molar-refractivity contribution in [1.29, 1.82) is 0 Å². The van der Waals surface area contributed by atoms with Crippen LogP contribution in [0, 0.1) is 0 Å². The zero-order valence-corrected chi connectivity index (χ0v) is 13.1. The molecular weight excluding hydrogens is 305 g/mol. The van der Waals surface area contributed by atoms with Crippen LogP contribution in [0.15, 0.2) is 52.9 Å². The highest BCUT2D eigenvalue weighted by molar-refractivity contribution is 6.35. The summed E-state index contributed by atoms with van der Waals surface area (Å²) >= 11 is 12.2. The fourth-order valence-electron chi connectivity index (χ4n) is 2.59. The fourth-order valence-corrected chi connectivity index (χ4v) is 2.97. The van der Waals surface area contributed by atoms with Crippen molar-refractivity contribution in [2.75, 3.05) is 6.54 Å². The molecule has 0 bridgehead atoms. The Kier molecular flexibility index (Phi) is 4.20. The number of rotatable bonds is 4. The predicted molar refractivity (Wildman–Crippen MR) is 88.2 cm³/mol. The molecule has 0 spiro atoms. The summed E-state index contributed by atoms with van der Waals surface area (Å²) in [6, 6.07) is 15.7. The molecule has 0 fully saturated rings. The van der Waals surface area contributed by atoms with Gasteiger partial charge in [0.1, 0.15) is 5.76 Å². The van der Waals surface area contributed by atoms with Crippen LogP contribution in [-0.2, 0) is 0 Å². The van der Waals surface area contributed by atoms with Gasteiger partial charge in [0.15, 0.2) is 5.22 Å². The maximum Gasteiger partial charge on any atom is 0.193 e. The molecule has 0 amide bonds. The van der Waals surface area contributed by atoms with E-state index in [1.165, 1.54) is 0 Å². The van der Waals surface area contributed by atoms with Gasteiger partial charge >= 0.3 is 0 Å². The molecule has 2 nitrogen and oxygen atoms in total. The van der Waals surface area contributed by atoms with Crippen LogP contribution >= 0.6 is 23.2 Å². The Morgan fingerprint density at radius 2 is 1.76 bits per heavy atom. The number of nitrogens with one attached hydrogen (secondary N) is 1. The van der Waals surface area contributed by atoms with E-state index in [-0.39, 0.29) is 6.04 Å². The summed E-state index contributed by atoms with van der Waals surface area (Å²) < 4.78 is 5.60. The first kappa shape index (κ1) is 14.5. The summed E-state index contributed by atoms with van der Waals surface area (Å²) in [4.78, 5) is 0. The first-order valence-corrected chi connectivity index (χ1v) is 7.62. The van der Waals surface area contributed by atoms with Gasteiger partial charge in [0.05, 0.1) is 6.04 Å². The summed E-state index contributed by atoms with van der Waals surface area (Å²) in [6.45, 7) is 2.88. The molecule has 3 rings (SSSR count). The number of hydrogen-bond donors (Lipinski definition) is 1. The van der Waals surface area contributed by atoms with E-state index in [0.717, 1.165) is 33.7 Å². The smallest absolute Gasteiger partial charge is 0.193 e. The van der Waals surface area contributed by atoms with Crippen LogP contribution < -0.4 is 5.32 Å². The van der Waals surface area contributed by atoms with E-state index in [0.29, 0.717) is 5.22 Å². The lowest BCUT2D eigenvalue weighted by molar-refractivity contribution is 0.455. The highest BCUT2D eigenvalue weighted by Crippen LogP contribution is 2.34. The Morgan fingerprint density at radius 1 is 1.00 bits per heavy atom. The van der Waals surface area contributed by atoms with Crippen LogP contribution in [0.1, 0.15) is 24.3 Å². The SMILES string of the molecule is CCNC(c1ccc(Cl)o1)c1ccc(Cl)c2ccccc12. The summed E-state index contributed by atoms with van der Waals surface area (Å²) in [7, 11) is 0. The minimum Gasteiger partial charge on any atom is -0.448 e. The van der Waals surface area contributed by atoms with Crippen LogP contribution in [0.4, 0.5) is 0 Å². The maximum absolute atomic E-state index is 6.30. The van der Waals surface area contributed by atoms with E-state index in [4.69, 9.17) is 27.6 Å². The minimum absolute atomic E-state index is 0.0512. The summed E-state index contributed by atoms with van der Waals surface area (Å²) in [5.74, 6) is 0.800. The second-order valence-electron chi connectivity index (χ2n) is 4.81. The first-order valence-electron chi connectivity index (χ1n) is 6.86. The molecule has 0 aliphatic rings. The van der Waals surface area contributed by atoms with E-state index in [1.807, 2.05) is 36.4 Å². The minimum atomic E-state index is -0.0512. The van der Waals surface area contributed by atoms with Crippen molar-refractivity contribution in [2.24, 2.45) is 0 Å². The van der Waals surface area contributed by atoms with Gasteiger partial charge in [-0.25, -0.2) is 0 Å².